The molecular formula is C15H19F3N2O3S2. The number of piperidine rings is 1. The van der Waals surface area contributed by atoms with Crippen LogP contribution in [0.4, 0.5) is 13.2 Å². The normalized spacial score (nSPS) is 16.6. The second kappa shape index (κ2) is 8.41. The SMILES string of the molecule is O=C(CSC(F)(F)F)NCc1cccc(S(=O)(=O)N2CCCCC2)c1. The van der Waals surface area contributed by atoms with Crippen LogP contribution in [0.1, 0.15) is 24.8 Å². The fourth-order valence-electron chi connectivity index (χ4n) is 2.47. The van der Waals surface area contributed by atoms with E-state index in [1.165, 1.54) is 16.4 Å². The van der Waals surface area contributed by atoms with Crippen LogP contribution in [-0.4, -0.2) is 43.0 Å². The van der Waals surface area contributed by atoms with Crippen LogP contribution >= 0.6 is 11.8 Å². The summed E-state index contributed by atoms with van der Waals surface area (Å²) in [6.07, 6.45) is 2.66. The van der Waals surface area contributed by atoms with Gasteiger partial charge in [-0.25, -0.2) is 8.42 Å². The fraction of sp³-hybridized carbons (Fsp3) is 0.533. The fourth-order valence-corrected chi connectivity index (χ4v) is 4.45. The van der Waals surface area contributed by atoms with E-state index in [9.17, 15) is 26.4 Å². The van der Waals surface area contributed by atoms with Gasteiger partial charge in [0.05, 0.1) is 10.6 Å². The molecule has 1 aromatic carbocycles. The van der Waals surface area contributed by atoms with Crippen molar-refractivity contribution in [2.24, 2.45) is 0 Å². The molecule has 5 nitrogen and oxygen atoms in total. The first-order valence-corrected chi connectivity index (χ1v) is 10.2. The van der Waals surface area contributed by atoms with Crippen molar-refractivity contribution in [1.82, 2.24) is 9.62 Å². The molecule has 0 spiro atoms. The van der Waals surface area contributed by atoms with E-state index < -0.39 is 39.0 Å². The summed E-state index contributed by atoms with van der Waals surface area (Å²) in [4.78, 5) is 11.6. The van der Waals surface area contributed by atoms with Crippen LogP contribution in [0.2, 0.25) is 0 Å². The molecule has 0 atom stereocenters. The van der Waals surface area contributed by atoms with Gasteiger partial charge in [0.15, 0.2) is 0 Å². The molecule has 0 radical (unpaired) electrons. The number of amides is 1. The molecule has 1 fully saturated rings. The summed E-state index contributed by atoms with van der Waals surface area (Å²) in [5.41, 5.74) is -3.94. The Kier molecular flexibility index (Phi) is 6.75. The molecule has 0 unspecified atom stereocenters. The van der Waals surface area contributed by atoms with E-state index in [1.54, 1.807) is 12.1 Å². The van der Waals surface area contributed by atoms with Gasteiger partial charge >= 0.3 is 5.51 Å². The van der Waals surface area contributed by atoms with Gasteiger partial charge in [0.1, 0.15) is 0 Å². The van der Waals surface area contributed by atoms with Crippen LogP contribution in [0.3, 0.4) is 0 Å². The Labute approximate surface area is 149 Å². The number of nitrogens with zero attached hydrogens (tertiary/aromatic N) is 1. The summed E-state index contributed by atoms with van der Waals surface area (Å²) in [6, 6.07) is 6.10. The minimum atomic E-state index is -4.46. The molecule has 10 heteroatoms. The molecule has 0 aromatic heterocycles. The first-order valence-electron chi connectivity index (χ1n) is 7.75. The van der Waals surface area contributed by atoms with Crippen molar-refractivity contribution < 1.29 is 26.4 Å². The Hall–Kier alpha value is -1.26. The average molecular weight is 396 g/mol. The van der Waals surface area contributed by atoms with Crippen molar-refractivity contribution in [3.8, 4) is 0 Å². The topological polar surface area (TPSA) is 66.5 Å². The van der Waals surface area contributed by atoms with Gasteiger partial charge in [0.25, 0.3) is 0 Å². The maximum Gasteiger partial charge on any atom is 0.442 e. The summed E-state index contributed by atoms with van der Waals surface area (Å²) in [6.45, 7) is 0.941. The van der Waals surface area contributed by atoms with Gasteiger partial charge in [0.2, 0.25) is 15.9 Å². The zero-order chi connectivity index (χ0) is 18.5. The van der Waals surface area contributed by atoms with E-state index in [1.807, 2.05) is 0 Å². The summed E-state index contributed by atoms with van der Waals surface area (Å²) in [5.74, 6) is -1.48. The number of thioether (sulfide) groups is 1. The summed E-state index contributed by atoms with van der Waals surface area (Å²) < 4.78 is 62.8. The van der Waals surface area contributed by atoms with E-state index in [0.717, 1.165) is 19.3 Å². The Morgan fingerprint density at radius 3 is 2.52 bits per heavy atom. The Morgan fingerprint density at radius 2 is 1.88 bits per heavy atom. The highest BCUT2D eigenvalue weighted by molar-refractivity contribution is 8.00. The number of benzene rings is 1. The largest absolute Gasteiger partial charge is 0.442 e. The van der Waals surface area contributed by atoms with Crippen molar-refractivity contribution in [3.63, 3.8) is 0 Å². The van der Waals surface area contributed by atoms with E-state index >= 15 is 0 Å². The van der Waals surface area contributed by atoms with Gasteiger partial charge in [-0.2, -0.15) is 17.5 Å². The number of sulfonamides is 1. The molecular weight excluding hydrogens is 377 g/mol. The molecule has 140 valence electrons. The molecule has 1 aliphatic heterocycles. The molecule has 1 aromatic rings. The predicted octanol–water partition coefficient (Wildman–Crippen LogP) is 2.73. The number of rotatable bonds is 6. The number of hydrogen-bond acceptors (Lipinski definition) is 4. The number of halogens is 3. The van der Waals surface area contributed by atoms with Crippen LogP contribution in [0.5, 0.6) is 0 Å². The third kappa shape index (κ3) is 6.19. The zero-order valence-corrected chi connectivity index (χ0v) is 15.0. The van der Waals surface area contributed by atoms with E-state index in [4.69, 9.17) is 0 Å². The standard InChI is InChI=1S/C15H19F3N2O3S2/c16-15(17,18)24-11-14(21)19-10-12-5-4-6-13(9-12)25(22,23)20-7-2-1-3-8-20/h4-6,9H,1-3,7-8,10-11H2,(H,19,21). The van der Waals surface area contributed by atoms with Crippen molar-refractivity contribution in [2.75, 3.05) is 18.8 Å². The molecule has 1 saturated heterocycles. The highest BCUT2D eigenvalue weighted by atomic mass is 32.2. The monoisotopic (exact) mass is 396 g/mol. The molecule has 1 amide bonds. The van der Waals surface area contributed by atoms with Crippen molar-refractivity contribution in [3.05, 3.63) is 29.8 Å². The molecule has 1 heterocycles. The van der Waals surface area contributed by atoms with Crippen molar-refractivity contribution >= 4 is 27.7 Å². The van der Waals surface area contributed by atoms with E-state index in [0.29, 0.717) is 18.7 Å². The number of alkyl halides is 3. The van der Waals surface area contributed by atoms with Gasteiger partial charge in [0, 0.05) is 19.6 Å². The van der Waals surface area contributed by atoms with E-state index in [-0.39, 0.29) is 11.4 Å². The maximum atomic E-state index is 12.6. The number of carbonyl (C=O) groups excluding carboxylic acids is 1. The van der Waals surface area contributed by atoms with Crippen LogP contribution in [0.15, 0.2) is 29.2 Å². The quantitative estimate of drug-likeness (QED) is 0.803. The zero-order valence-electron chi connectivity index (χ0n) is 13.4. The lowest BCUT2D eigenvalue weighted by atomic mass is 10.2. The summed E-state index contributed by atoms with van der Waals surface area (Å²) >= 11 is -0.412. The molecule has 1 aliphatic rings. The van der Waals surface area contributed by atoms with Gasteiger partial charge < -0.3 is 5.32 Å². The molecule has 0 aliphatic carbocycles. The lowest BCUT2D eigenvalue weighted by molar-refractivity contribution is -0.119. The molecule has 1 N–H and O–H groups in total. The molecule has 0 bridgehead atoms. The summed E-state index contributed by atoms with van der Waals surface area (Å²) in [5, 5.41) is 2.36. The molecule has 2 rings (SSSR count). The number of nitrogens with one attached hydrogen (secondary N) is 1. The van der Waals surface area contributed by atoms with Crippen LogP contribution in [0.25, 0.3) is 0 Å². The summed E-state index contributed by atoms with van der Waals surface area (Å²) in [7, 11) is -3.58. The minimum absolute atomic E-state index is 0.0272. The van der Waals surface area contributed by atoms with Crippen molar-refractivity contribution in [2.45, 2.75) is 36.2 Å². The first-order chi connectivity index (χ1) is 11.7. The van der Waals surface area contributed by atoms with Gasteiger partial charge in [-0.3, -0.25) is 4.79 Å². The van der Waals surface area contributed by atoms with E-state index in [2.05, 4.69) is 5.32 Å². The first kappa shape index (κ1) is 20.1. The predicted molar refractivity (Wildman–Crippen MR) is 89.4 cm³/mol. The number of hydrogen-bond donors (Lipinski definition) is 1. The minimum Gasteiger partial charge on any atom is -0.351 e. The lowest BCUT2D eigenvalue weighted by Gasteiger charge is -2.26. The second-order valence-corrected chi connectivity index (χ2v) is 8.60. The highest BCUT2D eigenvalue weighted by Crippen LogP contribution is 2.29. The lowest BCUT2D eigenvalue weighted by Crippen LogP contribution is -2.35. The molecule has 0 saturated carbocycles. The molecule has 25 heavy (non-hydrogen) atoms. The smallest absolute Gasteiger partial charge is 0.351 e. The van der Waals surface area contributed by atoms with Gasteiger partial charge in [-0.1, -0.05) is 18.6 Å². The van der Waals surface area contributed by atoms with Crippen LogP contribution < -0.4 is 5.32 Å². The second-order valence-electron chi connectivity index (χ2n) is 5.62. The van der Waals surface area contributed by atoms with Crippen LogP contribution in [-0.2, 0) is 21.4 Å². The Morgan fingerprint density at radius 1 is 1.20 bits per heavy atom. The number of carbonyl (C=O) groups is 1. The maximum absolute atomic E-state index is 12.6. The Balaban J connectivity index is 1.98. The van der Waals surface area contributed by atoms with Gasteiger partial charge in [-0.05, 0) is 42.3 Å². The Bertz CT molecular complexity index is 702. The highest BCUT2D eigenvalue weighted by Gasteiger charge is 2.29. The third-order valence-corrected chi connectivity index (χ3v) is 6.34. The van der Waals surface area contributed by atoms with Crippen LogP contribution in [0, 0.1) is 0 Å². The third-order valence-electron chi connectivity index (χ3n) is 3.71. The van der Waals surface area contributed by atoms with Crippen molar-refractivity contribution in [1.29, 1.82) is 0 Å². The average Bonchev–Trinajstić information content (AvgIpc) is 2.58. The van der Waals surface area contributed by atoms with Gasteiger partial charge in [-0.15, -0.1) is 0 Å².